The van der Waals surface area contributed by atoms with Crippen LogP contribution in [0.3, 0.4) is 0 Å². The summed E-state index contributed by atoms with van der Waals surface area (Å²) in [6.07, 6.45) is 2.51. The van der Waals surface area contributed by atoms with Crippen LogP contribution in [0.4, 0.5) is 5.69 Å². The summed E-state index contributed by atoms with van der Waals surface area (Å²) in [5.74, 6) is -0.402. The number of nitrogens with zero attached hydrogens (tertiary/aromatic N) is 2. The molecule has 1 amide bonds. The summed E-state index contributed by atoms with van der Waals surface area (Å²) in [7, 11) is 0. The molecule has 3 aromatic rings. The number of Topliss-reactive ketones (excluding diaryl/α,β-unsaturated/α-hetero) is 1. The molecule has 0 saturated heterocycles. The van der Waals surface area contributed by atoms with Crippen molar-refractivity contribution in [1.29, 1.82) is 0 Å². The molecule has 0 fully saturated rings. The van der Waals surface area contributed by atoms with Gasteiger partial charge in [-0.15, -0.1) is 0 Å². The van der Waals surface area contributed by atoms with E-state index >= 15 is 0 Å². The van der Waals surface area contributed by atoms with E-state index in [9.17, 15) is 14.4 Å². The number of anilines is 1. The Morgan fingerprint density at radius 1 is 1.00 bits per heavy atom. The molecule has 1 aliphatic carbocycles. The van der Waals surface area contributed by atoms with Crippen molar-refractivity contribution in [3.63, 3.8) is 0 Å². The lowest BCUT2D eigenvalue weighted by Crippen LogP contribution is -2.41. The first-order valence-corrected chi connectivity index (χ1v) is 11.0. The molecule has 0 aliphatic heterocycles. The number of amides is 1. The smallest absolute Gasteiger partial charge is 0.268 e. The molecule has 4 rings (SSSR count). The first-order valence-electron chi connectivity index (χ1n) is 11.0. The molecule has 5 heteroatoms. The summed E-state index contributed by atoms with van der Waals surface area (Å²) < 4.78 is 1.44. The first kappa shape index (κ1) is 21.8. The molecule has 32 heavy (non-hydrogen) atoms. The van der Waals surface area contributed by atoms with Gasteiger partial charge in [-0.3, -0.25) is 19.0 Å². The zero-order valence-corrected chi connectivity index (χ0v) is 19.0. The quantitative estimate of drug-likeness (QED) is 0.590. The Balaban J connectivity index is 1.97. The summed E-state index contributed by atoms with van der Waals surface area (Å²) in [6, 6.07) is 16.8. The number of ketones is 1. The maximum absolute atomic E-state index is 13.8. The van der Waals surface area contributed by atoms with Crippen molar-refractivity contribution in [2.75, 3.05) is 11.4 Å². The van der Waals surface area contributed by atoms with Crippen LogP contribution in [0.5, 0.6) is 0 Å². The third-order valence-corrected chi connectivity index (χ3v) is 6.07. The molecule has 1 aromatic heterocycles. The van der Waals surface area contributed by atoms with Crippen LogP contribution in [0.2, 0.25) is 0 Å². The van der Waals surface area contributed by atoms with Crippen LogP contribution >= 0.6 is 0 Å². The SMILES string of the molecule is CCN(C(=O)c1c2c(cn(-c3ccc(C)cc3)c1=O)C(=O)CC(C)(C)C2)c1ccccc1. The Bertz CT molecular complexity index is 1240. The van der Waals surface area contributed by atoms with E-state index in [2.05, 4.69) is 0 Å². The second-order valence-corrected chi connectivity index (χ2v) is 9.23. The Hall–Kier alpha value is -3.47. The molecule has 0 spiro atoms. The summed E-state index contributed by atoms with van der Waals surface area (Å²) in [4.78, 5) is 42.3. The van der Waals surface area contributed by atoms with Gasteiger partial charge in [0.25, 0.3) is 11.5 Å². The number of fused-ring (bicyclic) bond motifs is 1. The number of para-hydroxylation sites is 1. The maximum Gasteiger partial charge on any atom is 0.268 e. The number of aryl methyl sites for hydroxylation is 1. The average molecular weight is 429 g/mol. The fourth-order valence-corrected chi connectivity index (χ4v) is 4.45. The minimum Gasteiger partial charge on any atom is -0.308 e. The number of carbonyl (C=O) groups excluding carboxylic acids is 2. The highest BCUT2D eigenvalue weighted by molar-refractivity contribution is 6.09. The van der Waals surface area contributed by atoms with Gasteiger partial charge in [0.15, 0.2) is 5.78 Å². The van der Waals surface area contributed by atoms with Gasteiger partial charge in [-0.05, 0) is 55.5 Å². The Morgan fingerprint density at radius 3 is 2.28 bits per heavy atom. The number of hydrogen-bond acceptors (Lipinski definition) is 3. The second-order valence-electron chi connectivity index (χ2n) is 9.23. The van der Waals surface area contributed by atoms with Gasteiger partial charge in [0.2, 0.25) is 0 Å². The highest BCUT2D eigenvalue weighted by atomic mass is 16.2. The van der Waals surface area contributed by atoms with Gasteiger partial charge in [-0.1, -0.05) is 49.7 Å². The fourth-order valence-electron chi connectivity index (χ4n) is 4.45. The summed E-state index contributed by atoms with van der Waals surface area (Å²) in [6.45, 7) is 8.27. The van der Waals surface area contributed by atoms with Crippen LogP contribution in [0.1, 0.15) is 59.0 Å². The third-order valence-electron chi connectivity index (χ3n) is 6.07. The minimum atomic E-state index is -0.391. The predicted octanol–water partition coefficient (Wildman–Crippen LogP) is 4.97. The lowest BCUT2D eigenvalue weighted by molar-refractivity contribution is 0.0910. The number of rotatable bonds is 4. The molecule has 0 radical (unpaired) electrons. The van der Waals surface area contributed by atoms with Crippen molar-refractivity contribution in [3.8, 4) is 5.69 Å². The van der Waals surface area contributed by atoms with Crippen molar-refractivity contribution in [1.82, 2.24) is 4.57 Å². The number of pyridine rings is 1. The van der Waals surface area contributed by atoms with Gasteiger partial charge in [-0.2, -0.15) is 0 Å². The second kappa shape index (κ2) is 8.23. The molecular formula is C27H28N2O3. The van der Waals surface area contributed by atoms with Gasteiger partial charge >= 0.3 is 0 Å². The molecule has 0 atom stereocenters. The lowest BCUT2D eigenvalue weighted by Gasteiger charge is -2.32. The maximum atomic E-state index is 13.8. The van der Waals surface area contributed by atoms with E-state index in [4.69, 9.17) is 0 Å². The van der Waals surface area contributed by atoms with Crippen molar-refractivity contribution in [2.24, 2.45) is 5.41 Å². The van der Waals surface area contributed by atoms with E-state index in [1.54, 1.807) is 11.1 Å². The zero-order chi connectivity index (χ0) is 23.0. The van der Waals surface area contributed by atoms with Crippen LogP contribution in [-0.2, 0) is 6.42 Å². The Kier molecular flexibility index (Phi) is 5.59. The highest BCUT2D eigenvalue weighted by Crippen LogP contribution is 2.36. The van der Waals surface area contributed by atoms with Crippen LogP contribution in [0.25, 0.3) is 5.69 Å². The molecule has 1 aliphatic rings. The standard InChI is InChI=1S/C27H28N2O3/c1-5-28(19-9-7-6-8-10-19)25(31)24-21-15-27(3,4)16-23(30)22(21)17-29(26(24)32)20-13-11-18(2)12-14-20/h6-14,17H,5,15-16H2,1-4H3. The normalized spacial score (nSPS) is 14.7. The van der Waals surface area contributed by atoms with E-state index in [-0.39, 0.29) is 22.7 Å². The summed E-state index contributed by atoms with van der Waals surface area (Å²) >= 11 is 0. The number of carbonyl (C=O) groups is 2. The summed E-state index contributed by atoms with van der Waals surface area (Å²) in [5, 5.41) is 0. The molecule has 2 aromatic carbocycles. The van der Waals surface area contributed by atoms with Crippen molar-refractivity contribution < 1.29 is 9.59 Å². The molecule has 164 valence electrons. The molecule has 5 nitrogen and oxygen atoms in total. The van der Waals surface area contributed by atoms with Crippen molar-refractivity contribution >= 4 is 17.4 Å². The van der Waals surface area contributed by atoms with E-state index in [0.29, 0.717) is 36.2 Å². The molecular weight excluding hydrogens is 400 g/mol. The van der Waals surface area contributed by atoms with Gasteiger partial charge < -0.3 is 4.90 Å². The van der Waals surface area contributed by atoms with Crippen LogP contribution in [-0.4, -0.2) is 22.8 Å². The fraction of sp³-hybridized carbons (Fsp3) is 0.296. The molecule has 0 N–H and O–H groups in total. The van der Waals surface area contributed by atoms with Crippen LogP contribution in [0, 0.1) is 12.3 Å². The van der Waals surface area contributed by atoms with Gasteiger partial charge in [0, 0.05) is 36.1 Å². The highest BCUT2D eigenvalue weighted by Gasteiger charge is 2.37. The molecule has 1 heterocycles. The van der Waals surface area contributed by atoms with E-state index < -0.39 is 5.56 Å². The van der Waals surface area contributed by atoms with E-state index in [1.165, 1.54) is 4.57 Å². The third kappa shape index (κ3) is 3.91. The van der Waals surface area contributed by atoms with E-state index in [0.717, 1.165) is 11.3 Å². The average Bonchev–Trinajstić information content (AvgIpc) is 2.75. The van der Waals surface area contributed by atoms with E-state index in [1.807, 2.05) is 82.3 Å². The largest absolute Gasteiger partial charge is 0.308 e. The number of hydrogen-bond donors (Lipinski definition) is 0. The monoisotopic (exact) mass is 428 g/mol. The number of benzene rings is 2. The van der Waals surface area contributed by atoms with Gasteiger partial charge in [-0.25, -0.2) is 0 Å². The lowest BCUT2D eigenvalue weighted by atomic mass is 9.73. The Labute approximate surface area is 188 Å². The Morgan fingerprint density at radius 2 is 1.66 bits per heavy atom. The van der Waals surface area contributed by atoms with Gasteiger partial charge in [0.05, 0.1) is 0 Å². The molecule has 0 bridgehead atoms. The van der Waals surface area contributed by atoms with Crippen molar-refractivity contribution in [2.45, 2.75) is 40.5 Å². The van der Waals surface area contributed by atoms with Crippen LogP contribution in [0.15, 0.2) is 65.6 Å². The predicted molar refractivity (Wildman–Crippen MR) is 127 cm³/mol. The first-order chi connectivity index (χ1) is 15.2. The molecule has 0 unspecified atom stereocenters. The van der Waals surface area contributed by atoms with Gasteiger partial charge in [0.1, 0.15) is 5.56 Å². The van der Waals surface area contributed by atoms with Crippen LogP contribution < -0.4 is 10.5 Å². The molecule has 0 saturated carbocycles. The zero-order valence-electron chi connectivity index (χ0n) is 19.0. The topological polar surface area (TPSA) is 59.4 Å². The summed E-state index contributed by atoms with van der Waals surface area (Å²) in [5.41, 5.74) is 2.85. The van der Waals surface area contributed by atoms with Crippen molar-refractivity contribution in [3.05, 3.63) is 93.4 Å². The number of aromatic nitrogens is 1. The minimum absolute atomic E-state index is 0.0334.